The van der Waals surface area contributed by atoms with Gasteiger partial charge in [-0.2, -0.15) is 0 Å². The fourth-order valence-electron chi connectivity index (χ4n) is 5.51. The van der Waals surface area contributed by atoms with Crippen LogP contribution in [-0.2, 0) is 9.59 Å². The number of likely N-dealkylation sites (tertiary alicyclic amines) is 1. The number of rotatable bonds is 10. The fourth-order valence-corrected chi connectivity index (χ4v) is 6.45. The number of thiazole rings is 1. The number of nitrogens with one attached hydrogen (secondary N) is 2. The lowest BCUT2D eigenvalue weighted by molar-refractivity contribution is -0.139. The summed E-state index contributed by atoms with van der Waals surface area (Å²) < 4.78 is 5.85. The molecule has 1 aromatic heterocycles. The monoisotopic (exact) mass is 538 g/mol. The molecule has 1 aliphatic heterocycles. The van der Waals surface area contributed by atoms with Crippen LogP contribution in [0.2, 0.25) is 0 Å². The Kier molecular flexibility index (Phi) is 8.43. The molecule has 1 saturated heterocycles. The van der Waals surface area contributed by atoms with Gasteiger partial charge in [0.05, 0.1) is 18.2 Å². The molecule has 0 unspecified atom stereocenters. The molecule has 2 heterocycles. The van der Waals surface area contributed by atoms with E-state index in [-0.39, 0.29) is 41.7 Å². The van der Waals surface area contributed by atoms with Crippen LogP contribution in [0.4, 0.5) is 0 Å². The molecule has 3 aliphatic rings. The Balaban J connectivity index is 1.32. The standard InChI is InChI=1S/C29H38N4O4S/c1-18(30-2)27(35)32-25(19-8-4-3-5-9-19)29(36)33-15-7-12-24(33)28-31-23(17-38-28)26(34)20-10-6-11-22(16-20)37-21-13-14-21/h6,10-11,16-19,21,24-25,30H,3-5,7-9,12-15H2,1-2H3,(H,32,35)/t18-,24-,25-/m0/s1. The van der Waals surface area contributed by atoms with Gasteiger partial charge in [0.15, 0.2) is 0 Å². The number of carbonyl (C=O) groups is 3. The van der Waals surface area contributed by atoms with Gasteiger partial charge in [0.2, 0.25) is 17.6 Å². The molecule has 0 radical (unpaired) electrons. The van der Waals surface area contributed by atoms with Gasteiger partial charge in [-0.1, -0.05) is 31.4 Å². The van der Waals surface area contributed by atoms with Gasteiger partial charge in [-0.25, -0.2) is 4.98 Å². The Morgan fingerprint density at radius 1 is 1.08 bits per heavy atom. The predicted molar refractivity (Wildman–Crippen MR) is 146 cm³/mol. The summed E-state index contributed by atoms with van der Waals surface area (Å²) in [7, 11) is 1.75. The maximum absolute atomic E-state index is 14.0. The number of aromatic nitrogens is 1. The Morgan fingerprint density at radius 2 is 1.87 bits per heavy atom. The molecule has 2 amide bonds. The zero-order valence-corrected chi connectivity index (χ0v) is 23.1. The number of hydrogen-bond acceptors (Lipinski definition) is 7. The summed E-state index contributed by atoms with van der Waals surface area (Å²) in [6.07, 6.45) is 9.30. The topological polar surface area (TPSA) is 101 Å². The molecule has 2 aliphatic carbocycles. The summed E-state index contributed by atoms with van der Waals surface area (Å²) in [6.45, 7) is 2.44. The van der Waals surface area contributed by atoms with Crippen LogP contribution in [0.3, 0.4) is 0 Å². The minimum Gasteiger partial charge on any atom is -0.490 e. The molecular formula is C29H38N4O4S. The number of ether oxygens (including phenoxy) is 1. The molecule has 5 rings (SSSR count). The van der Waals surface area contributed by atoms with Gasteiger partial charge < -0.3 is 20.3 Å². The quantitative estimate of drug-likeness (QED) is 0.439. The van der Waals surface area contributed by atoms with Crippen LogP contribution in [0, 0.1) is 5.92 Å². The van der Waals surface area contributed by atoms with Crippen molar-refractivity contribution in [2.24, 2.45) is 5.92 Å². The van der Waals surface area contributed by atoms with Crippen molar-refractivity contribution in [3.8, 4) is 5.75 Å². The van der Waals surface area contributed by atoms with E-state index in [1.165, 1.54) is 17.8 Å². The van der Waals surface area contributed by atoms with Crippen molar-refractivity contribution in [2.75, 3.05) is 13.6 Å². The fraction of sp³-hybridized carbons (Fsp3) is 0.586. The Morgan fingerprint density at radius 3 is 2.61 bits per heavy atom. The molecular weight excluding hydrogens is 500 g/mol. The lowest BCUT2D eigenvalue weighted by atomic mass is 9.83. The van der Waals surface area contributed by atoms with Crippen molar-refractivity contribution < 1.29 is 19.1 Å². The summed E-state index contributed by atoms with van der Waals surface area (Å²) in [5, 5.41) is 8.63. The van der Waals surface area contributed by atoms with Crippen LogP contribution in [-0.4, -0.2) is 59.3 Å². The maximum atomic E-state index is 14.0. The largest absolute Gasteiger partial charge is 0.490 e. The summed E-state index contributed by atoms with van der Waals surface area (Å²) >= 11 is 1.43. The first-order chi connectivity index (χ1) is 18.4. The average molecular weight is 539 g/mol. The average Bonchev–Trinajstić information content (AvgIpc) is 3.40. The SMILES string of the molecule is CN[C@@H](C)C(=O)N[C@H](C(=O)N1CCC[C@H]1c1nc(C(=O)c2cccc(OC3CC3)c2)cs1)C1CCCCC1. The van der Waals surface area contributed by atoms with Gasteiger partial charge in [-0.05, 0) is 70.5 Å². The van der Waals surface area contributed by atoms with Gasteiger partial charge in [-0.15, -0.1) is 11.3 Å². The Bertz CT molecular complexity index is 1160. The Labute approximate surface area is 228 Å². The highest BCUT2D eigenvalue weighted by Crippen LogP contribution is 2.37. The van der Waals surface area contributed by atoms with E-state index in [0.717, 1.165) is 56.4 Å². The molecule has 3 atom stereocenters. The molecule has 0 bridgehead atoms. The van der Waals surface area contributed by atoms with E-state index in [1.54, 1.807) is 31.5 Å². The van der Waals surface area contributed by atoms with E-state index in [9.17, 15) is 14.4 Å². The number of amides is 2. The van der Waals surface area contributed by atoms with Gasteiger partial charge in [0.25, 0.3) is 0 Å². The first-order valence-corrected chi connectivity index (χ1v) is 14.9. The normalized spacial score (nSPS) is 21.6. The van der Waals surface area contributed by atoms with Crippen molar-refractivity contribution in [2.45, 2.75) is 88.9 Å². The molecule has 1 aromatic carbocycles. The van der Waals surface area contributed by atoms with E-state index >= 15 is 0 Å². The van der Waals surface area contributed by atoms with Crippen molar-refractivity contribution in [1.82, 2.24) is 20.5 Å². The van der Waals surface area contributed by atoms with E-state index in [0.29, 0.717) is 23.6 Å². The smallest absolute Gasteiger partial charge is 0.246 e. The number of nitrogens with zero attached hydrogens (tertiary/aromatic N) is 2. The van der Waals surface area contributed by atoms with Gasteiger partial charge >= 0.3 is 0 Å². The molecule has 2 N–H and O–H groups in total. The first kappa shape index (κ1) is 26.8. The van der Waals surface area contributed by atoms with Crippen LogP contribution < -0.4 is 15.4 Å². The van der Waals surface area contributed by atoms with Crippen LogP contribution in [0.15, 0.2) is 29.6 Å². The van der Waals surface area contributed by atoms with E-state index in [1.807, 2.05) is 17.0 Å². The first-order valence-electron chi connectivity index (χ1n) is 14.0. The van der Waals surface area contributed by atoms with Crippen molar-refractivity contribution in [3.63, 3.8) is 0 Å². The highest BCUT2D eigenvalue weighted by Gasteiger charge is 2.40. The highest BCUT2D eigenvalue weighted by atomic mass is 32.1. The summed E-state index contributed by atoms with van der Waals surface area (Å²) in [4.78, 5) is 46.6. The summed E-state index contributed by atoms with van der Waals surface area (Å²) in [5.74, 6) is 0.540. The number of likely N-dealkylation sites (N-methyl/N-ethyl adjacent to an activating group) is 1. The second-order valence-corrected chi connectivity index (χ2v) is 11.7. The number of ketones is 1. The lowest BCUT2D eigenvalue weighted by Gasteiger charge is -2.35. The number of hydrogen-bond donors (Lipinski definition) is 2. The second-order valence-electron chi connectivity index (χ2n) is 10.8. The van der Waals surface area contributed by atoms with E-state index in [4.69, 9.17) is 9.72 Å². The molecule has 2 saturated carbocycles. The van der Waals surface area contributed by atoms with E-state index < -0.39 is 6.04 Å². The third kappa shape index (κ3) is 6.10. The molecule has 3 fully saturated rings. The lowest BCUT2D eigenvalue weighted by Crippen LogP contribution is -2.55. The zero-order valence-electron chi connectivity index (χ0n) is 22.3. The molecule has 9 heteroatoms. The van der Waals surface area contributed by atoms with Crippen LogP contribution >= 0.6 is 11.3 Å². The molecule has 204 valence electrons. The third-order valence-corrected chi connectivity index (χ3v) is 8.96. The van der Waals surface area contributed by atoms with Crippen molar-refractivity contribution in [1.29, 1.82) is 0 Å². The van der Waals surface area contributed by atoms with Gasteiger partial charge in [0, 0.05) is 17.5 Å². The summed E-state index contributed by atoms with van der Waals surface area (Å²) in [6, 6.07) is 6.21. The Hall–Kier alpha value is -2.78. The van der Waals surface area contributed by atoms with Gasteiger partial charge in [0.1, 0.15) is 22.5 Å². The number of carbonyl (C=O) groups excluding carboxylic acids is 3. The minimum atomic E-state index is -0.533. The summed E-state index contributed by atoms with van der Waals surface area (Å²) in [5.41, 5.74) is 0.950. The van der Waals surface area contributed by atoms with Crippen LogP contribution in [0.5, 0.6) is 5.75 Å². The van der Waals surface area contributed by atoms with Crippen LogP contribution in [0.25, 0.3) is 0 Å². The third-order valence-electron chi connectivity index (χ3n) is 8.01. The number of benzene rings is 1. The second kappa shape index (κ2) is 11.9. The molecule has 2 aromatic rings. The highest BCUT2D eigenvalue weighted by molar-refractivity contribution is 7.10. The van der Waals surface area contributed by atoms with Gasteiger partial charge in [-0.3, -0.25) is 14.4 Å². The van der Waals surface area contributed by atoms with Crippen molar-refractivity contribution in [3.05, 3.63) is 45.9 Å². The van der Waals surface area contributed by atoms with Crippen LogP contribution in [0.1, 0.15) is 91.8 Å². The van der Waals surface area contributed by atoms with E-state index in [2.05, 4.69) is 10.6 Å². The zero-order chi connectivity index (χ0) is 26.6. The molecule has 0 spiro atoms. The molecule has 38 heavy (non-hydrogen) atoms. The maximum Gasteiger partial charge on any atom is 0.246 e. The molecule has 8 nitrogen and oxygen atoms in total. The van der Waals surface area contributed by atoms with Crippen molar-refractivity contribution >= 4 is 28.9 Å². The minimum absolute atomic E-state index is 0.0240. The predicted octanol–water partition coefficient (Wildman–Crippen LogP) is 4.25.